The van der Waals surface area contributed by atoms with Crippen LogP contribution in [0.4, 0.5) is 0 Å². The third-order valence-electron chi connectivity index (χ3n) is 10.7. The predicted molar refractivity (Wildman–Crippen MR) is 128 cm³/mol. The average molecular weight is 415 g/mol. The van der Waals surface area contributed by atoms with Crippen molar-refractivity contribution in [3.63, 3.8) is 0 Å². The minimum atomic E-state index is 0.471. The molecule has 1 nitrogen and oxygen atoms in total. The first kappa shape index (κ1) is 22.9. The third kappa shape index (κ3) is 3.95. The van der Waals surface area contributed by atoms with Gasteiger partial charge in [0.2, 0.25) is 0 Å². The van der Waals surface area contributed by atoms with Crippen LogP contribution in [-0.2, 0) is 4.74 Å². The molecule has 0 N–H and O–H groups in total. The van der Waals surface area contributed by atoms with E-state index in [2.05, 4.69) is 47.6 Å². The molecule has 0 aromatic heterocycles. The Morgan fingerprint density at radius 3 is 2.53 bits per heavy atom. The molecule has 4 rings (SSSR count). The van der Waals surface area contributed by atoms with Gasteiger partial charge in [-0.3, -0.25) is 0 Å². The number of allylic oxidation sites excluding steroid dienone is 1. The maximum Gasteiger partial charge on any atom is 0.0612 e. The lowest BCUT2D eigenvalue weighted by molar-refractivity contribution is -0.0630. The summed E-state index contributed by atoms with van der Waals surface area (Å²) in [7, 11) is 0. The highest BCUT2D eigenvalue weighted by molar-refractivity contribution is 5.25. The van der Waals surface area contributed by atoms with E-state index in [1.165, 1.54) is 70.6 Å². The molecule has 0 heterocycles. The Morgan fingerprint density at radius 1 is 1.00 bits per heavy atom. The molecule has 0 aliphatic heterocycles. The maximum atomic E-state index is 6.04. The second-order valence-electron chi connectivity index (χ2n) is 12.6. The van der Waals surface area contributed by atoms with Crippen LogP contribution >= 0.6 is 0 Å². The average Bonchev–Trinajstić information content (AvgIpc) is 3.05. The van der Waals surface area contributed by atoms with E-state index in [1.807, 2.05) is 0 Å². The predicted octanol–water partition coefficient (Wildman–Crippen LogP) is 8.43. The zero-order valence-corrected chi connectivity index (χ0v) is 21.0. The first-order valence-corrected chi connectivity index (χ1v) is 13.6. The lowest BCUT2D eigenvalue weighted by atomic mass is 9.47. The van der Waals surface area contributed by atoms with Gasteiger partial charge in [-0.2, -0.15) is 0 Å². The van der Waals surface area contributed by atoms with E-state index in [0.29, 0.717) is 16.9 Å². The number of hydrogen-bond donors (Lipinski definition) is 0. The molecule has 172 valence electrons. The summed E-state index contributed by atoms with van der Waals surface area (Å²) in [5.41, 5.74) is 2.86. The van der Waals surface area contributed by atoms with Crippen LogP contribution in [0.15, 0.2) is 11.6 Å². The van der Waals surface area contributed by atoms with Crippen molar-refractivity contribution >= 4 is 0 Å². The first-order valence-electron chi connectivity index (χ1n) is 13.6. The van der Waals surface area contributed by atoms with Gasteiger partial charge in [-0.15, -0.1) is 0 Å². The molecular formula is C29H50O. The Morgan fingerprint density at radius 2 is 1.80 bits per heavy atom. The molecule has 30 heavy (non-hydrogen) atoms. The SMILES string of the molecule is CCO[C@H]1CC[C@@]2(C)C(=CC[C@H]3[C@@H]4CC[C@H]([C@@H](C)CCCC(C)C)[C@@]4(C)CC[C@@H]32)C1. The lowest BCUT2D eigenvalue weighted by Crippen LogP contribution is -2.51. The van der Waals surface area contributed by atoms with Gasteiger partial charge in [-0.25, -0.2) is 0 Å². The summed E-state index contributed by atoms with van der Waals surface area (Å²) < 4.78 is 6.04. The highest BCUT2D eigenvalue weighted by Gasteiger charge is 2.59. The van der Waals surface area contributed by atoms with Crippen molar-refractivity contribution in [3.05, 3.63) is 11.6 Å². The van der Waals surface area contributed by atoms with Gasteiger partial charge in [0, 0.05) is 6.61 Å². The van der Waals surface area contributed by atoms with Crippen LogP contribution in [-0.4, -0.2) is 12.7 Å². The first-order chi connectivity index (χ1) is 14.3. The van der Waals surface area contributed by atoms with E-state index in [0.717, 1.165) is 42.1 Å². The molecule has 3 saturated carbocycles. The second kappa shape index (κ2) is 8.92. The molecule has 0 radical (unpaired) electrons. The minimum absolute atomic E-state index is 0.471. The fraction of sp³-hybridized carbons (Fsp3) is 0.931. The maximum absolute atomic E-state index is 6.04. The summed E-state index contributed by atoms with van der Waals surface area (Å²) in [6.45, 7) is 15.7. The van der Waals surface area contributed by atoms with Crippen molar-refractivity contribution in [2.45, 2.75) is 118 Å². The summed E-state index contributed by atoms with van der Waals surface area (Å²) in [5.74, 6) is 5.63. The molecule has 4 aliphatic carbocycles. The van der Waals surface area contributed by atoms with E-state index in [9.17, 15) is 0 Å². The summed E-state index contributed by atoms with van der Waals surface area (Å²) in [6.07, 6.45) is 18.7. The van der Waals surface area contributed by atoms with Crippen molar-refractivity contribution in [2.24, 2.45) is 46.3 Å². The zero-order chi connectivity index (χ0) is 21.5. The van der Waals surface area contributed by atoms with Gasteiger partial charge in [0.25, 0.3) is 0 Å². The van der Waals surface area contributed by atoms with Crippen molar-refractivity contribution in [3.8, 4) is 0 Å². The number of rotatable bonds is 7. The molecule has 4 aliphatic rings. The lowest BCUT2D eigenvalue weighted by Gasteiger charge is -2.58. The molecule has 3 fully saturated rings. The number of hydrogen-bond acceptors (Lipinski definition) is 1. The second-order valence-corrected chi connectivity index (χ2v) is 12.6. The van der Waals surface area contributed by atoms with Crippen molar-refractivity contribution < 1.29 is 4.74 Å². The normalized spacial score (nSPS) is 44.2. The highest BCUT2D eigenvalue weighted by atomic mass is 16.5. The van der Waals surface area contributed by atoms with Gasteiger partial charge in [0.15, 0.2) is 0 Å². The topological polar surface area (TPSA) is 9.23 Å². The van der Waals surface area contributed by atoms with Crippen LogP contribution in [0.1, 0.15) is 112 Å². The fourth-order valence-electron chi connectivity index (χ4n) is 9.03. The molecule has 1 heteroatoms. The minimum Gasteiger partial charge on any atom is -0.378 e. The smallest absolute Gasteiger partial charge is 0.0612 e. The van der Waals surface area contributed by atoms with E-state index in [1.54, 1.807) is 5.57 Å². The summed E-state index contributed by atoms with van der Waals surface area (Å²) in [6, 6.07) is 0. The Kier molecular flexibility index (Phi) is 6.80. The third-order valence-corrected chi connectivity index (χ3v) is 10.7. The van der Waals surface area contributed by atoms with Crippen molar-refractivity contribution in [2.75, 3.05) is 6.61 Å². The summed E-state index contributed by atoms with van der Waals surface area (Å²) in [5, 5.41) is 0. The standard InChI is InChI=1S/C29H50O/c1-7-30-23-15-17-28(5)22(19-23)11-12-24-26-14-13-25(21(4)10-8-9-20(2)3)29(26,6)18-16-27(24)28/h11,20-21,23-27H,7-10,12-19H2,1-6H3/t21-,23-,24-,25+,26-,27-,28-,29+/m0/s1. The van der Waals surface area contributed by atoms with Crippen LogP contribution in [0, 0.1) is 46.3 Å². The van der Waals surface area contributed by atoms with Gasteiger partial charge in [-0.05, 0) is 105 Å². The van der Waals surface area contributed by atoms with Gasteiger partial charge in [0.05, 0.1) is 6.10 Å². The van der Waals surface area contributed by atoms with Gasteiger partial charge >= 0.3 is 0 Å². The van der Waals surface area contributed by atoms with Crippen LogP contribution in [0.25, 0.3) is 0 Å². The van der Waals surface area contributed by atoms with Gasteiger partial charge in [-0.1, -0.05) is 65.5 Å². The quantitative estimate of drug-likeness (QED) is 0.380. The highest BCUT2D eigenvalue weighted by Crippen LogP contribution is 2.67. The molecule has 0 aromatic rings. The van der Waals surface area contributed by atoms with E-state index < -0.39 is 0 Å². The molecule has 0 saturated heterocycles. The summed E-state index contributed by atoms with van der Waals surface area (Å²) >= 11 is 0. The van der Waals surface area contributed by atoms with Crippen LogP contribution in [0.5, 0.6) is 0 Å². The molecular weight excluding hydrogens is 364 g/mol. The summed E-state index contributed by atoms with van der Waals surface area (Å²) in [4.78, 5) is 0. The van der Waals surface area contributed by atoms with E-state index >= 15 is 0 Å². The van der Waals surface area contributed by atoms with Gasteiger partial charge in [0.1, 0.15) is 0 Å². The Hall–Kier alpha value is -0.300. The van der Waals surface area contributed by atoms with Crippen molar-refractivity contribution in [1.82, 2.24) is 0 Å². The molecule has 0 unspecified atom stereocenters. The molecule has 0 aromatic carbocycles. The molecule has 0 spiro atoms. The van der Waals surface area contributed by atoms with E-state index in [-0.39, 0.29) is 0 Å². The fourth-order valence-corrected chi connectivity index (χ4v) is 9.03. The monoisotopic (exact) mass is 414 g/mol. The van der Waals surface area contributed by atoms with E-state index in [4.69, 9.17) is 4.74 Å². The molecule has 0 bridgehead atoms. The Balaban J connectivity index is 1.47. The van der Waals surface area contributed by atoms with Crippen LogP contribution in [0.3, 0.4) is 0 Å². The van der Waals surface area contributed by atoms with Crippen LogP contribution in [0.2, 0.25) is 0 Å². The van der Waals surface area contributed by atoms with Crippen LogP contribution < -0.4 is 0 Å². The molecule has 0 amide bonds. The largest absolute Gasteiger partial charge is 0.378 e. The number of ether oxygens (including phenoxy) is 1. The zero-order valence-electron chi connectivity index (χ0n) is 21.0. The molecule has 8 atom stereocenters. The Bertz CT molecular complexity index is 620. The van der Waals surface area contributed by atoms with Crippen molar-refractivity contribution in [1.29, 1.82) is 0 Å². The van der Waals surface area contributed by atoms with Gasteiger partial charge < -0.3 is 4.74 Å². The number of fused-ring (bicyclic) bond motifs is 5. The Labute approximate surface area is 187 Å².